The first kappa shape index (κ1) is 13.9. The molecule has 0 amide bonds. The van der Waals surface area contributed by atoms with Gasteiger partial charge in [-0.05, 0) is 47.4 Å². The van der Waals surface area contributed by atoms with E-state index in [1.165, 1.54) is 6.07 Å². The number of anilines is 1. The molecule has 1 heterocycles. The first-order chi connectivity index (χ1) is 9.95. The number of alkyl halides is 3. The van der Waals surface area contributed by atoms with Gasteiger partial charge in [-0.1, -0.05) is 18.2 Å². The van der Waals surface area contributed by atoms with Crippen molar-refractivity contribution in [1.82, 2.24) is 5.32 Å². The van der Waals surface area contributed by atoms with Crippen molar-refractivity contribution in [3.8, 4) is 0 Å². The van der Waals surface area contributed by atoms with Gasteiger partial charge >= 0.3 is 6.18 Å². The predicted octanol–water partition coefficient (Wildman–Crippen LogP) is 3.52. The van der Waals surface area contributed by atoms with Crippen molar-refractivity contribution in [2.24, 2.45) is 0 Å². The van der Waals surface area contributed by atoms with Gasteiger partial charge < -0.3 is 11.1 Å². The molecule has 5 heteroatoms. The van der Waals surface area contributed by atoms with Gasteiger partial charge in [-0.2, -0.15) is 13.2 Å². The van der Waals surface area contributed by atoms with Gasteiger partial charge in [-0.25, -0.2) is 0 Å². The molecule has 0 radical (unpaired) electrons. The molecule has 1 aliphatic rings. The maximum Gasteiger partial charge on any atom is 0.416 e. The van der Waals surface area contributed by atoms with Gasteiger partial charge in [0.2, 0.25) is 0 Å². The van der Waals surface area contributed by atoms with Gasteiger partial charge in [-0.3, -0.25) is 0 Å². The molecule has 110 valence electrons. The van der Waals surface area contributed by atoms with Crippen LogP contribution >= 0.6 is 0 Å². The fourth-order valence-electron chi connectivity index (χ4n) is 2.76. The highest BCUT2D eigenvalue weighted by Gasteiger charge is 2.32. The van der Waals surface area contributed by atoms with Gasteiger partial charge in [-0.15, -0.1) is 0 Å². The minimum absolute atomic E-state index is 0.250. The third kappa shape index (κ3) is 2.74. The van der Waals surface area contributed by atoms with Crippen LogP contribution in [0.5, 0.6) is 0 Å². The highest BCUT2D eigenvalue weighted by Crippen LogP contribution is 2.35. The Labute approximate surface area is 120 Å². The molecule has 1 unspecified atom stereocenters. The molecule has 0 saturated carbocycles. The van der Waals surface area contributed by atoms with Crippen molar-refractivity contribution in [1.29, 1.82) is 0 Å². The van der Waals surface area contributed by atoms with E-state index in [0.29, 0.717) is 11.3 Å². The Hall–Kier alpha value is -2.01. The largest absolute Gasteiger partial charge is 0.416 e. The van der Waals surface area contributed by atoms with Crippen molar-refractivity contribution < 1.29 is 13.2 Å². The quantitative estimate of drug-likeness (QED) is 0.789. The Kier molecular flexibility index (Phi) is 3.37. The third-order valence-corrected chi connectivity index (χ3v) is 3.77. The zero-order valence-corrected chi connectivity index (χ0v) is 11.2. The number of nitrogen functional groups attached to an aromatic ring is 1. The Bertz CT molecular complexity index is 665. The van der Waals surface area contributed by atoms with Gasteiger partial charge in [0.1, 0.15) is 0 Å². The predicted molar refractivity (Wildman–Crippen MR) is 75.8 cm³/mol. The maximum absolute atomic E-state index is 12.9. The van der Waals surface area contributed by atoms with E-state index in [2.05, 4.69) is 5.32 Å². The molecule has 2 nitrogen and oxygen atoms in total. The average molecular weight is 292 g/mol. The van der Waals surface area contributed by atoms with E-state index in [-0.39, 0.29) is 6.04 Å². The molecule has 0 fully saturated rings. The van der Waals surface area contributed by atoms with Crippen LogP contribution in [0.15, 0.2) is 42.5 Å². The highest BCUT2D eigenvalue weighted by molar-refractivity contribution is 5.47. The smallest absolute Gasteiger partial charge is 0.399 e. The summed E-state index contributed by atoms with van der Waals surface area (Å²) in [7, 11) is 0. The van der Waals surface area contributed by atoms with E-state index in [9.17, 15) is 13.2 Å². The molecule has 3 rings (SSSR count). The Balaban J connectivity index is 2.08. The molecular formula is C16H15F3N2. The van der Waals surface area contributed by atoms with Crippen LogP contribution in [0, 0.1) is 0 Å². The zero-order chi connectivity index (χ0) is 15.0. The van der Waals surface area contributed by atoms with E-state index >= 15 is 0 Å². The first-order valence-electron chi connectivity index (χ1n) is 6.74. The third-order valence-electron chi connectivity index (χ3n) is 3.77. The van der Waals surface area contributed by atoms with Crippen LogP contribution in [-0.4, -0.2) is 6.54 Å². The van der Waals surface area contributed by atoms with Crippen molar-refractivity contribution in [3.05, 3.63) is 64.7 Å². The monoisotopic (exact) mass is 292 g/mol. The first-order valence-corrected chi connectivity index (χ1v) is 6.74. The van der Waals surface area contributed by atoms with Crippen LogP contribution in [0.25, 0.3) is 0 Å². The summed E-state index contributed by atoms with van der Waals surface area (Å²) in [6.07, 6.45) is -3.60. The molecule has 2 aromatic rings. The standard InChI is InChI=1S/C16H15F3N2/c17-16(18,19)12-5-4-10-6-7-21-15(14(10)9-12)11-2-1-3-13(20)8-11/h1-5,8-9,15,21H,6-7,20H2. The molecular weight excluding hydrogens is 277 g/mol. The summed E-state index contributed by atoms with van der Waals surface area (Å²) in [4.78, 5) is 0. The number of fused-ring (bicyclic) bond motifs is 1. The van der Waals surface area contributed by atoms with E-state index in [4.69, 9.17) is 5.73 Å². The summed E-state index contributed by atoms with van der Waals surface area (Å²) in [5.41, 5.74) is 8.29. The van der Waals surface area contributed by atoms with Crippen LogP contribution in [-0.2, 0) is 12.6 Å². The van der Waals surface area contributed by atoms with Crippen LogP contribution in [0.2, 0.25) is 0 Å². The Morgan fingerprint density at radius 3 is 2.62 bits per heavy atom. The molecule has 1 atom stereocenters. The van der Waals surface area contributed by atoms with Gasteiger partial charge in [0.15, 0.2) is 0 Å². The minimum atomic E-state index is -4.33. The lowest BCUT2D eigenvalue weighted by molar-refractivity contribution is -0.137. The topological polar surface area (TPSA) is 38.0 Å². The summed E-state index contributed by atoms with van der Waals surface area (Å²) in [5, 5.41) is 3.27. The molecule has 0 aliphatic carbocycles. The number of rotatable bonds is 1. The van der Waals surface area contributed by atoms with Crippen molar-refractivity contribution in [2.75, 3.05) is 12.3 Å². The van der Waals surface area contributed by atoms with E-state index in [1.54, 1.807) is 18.2 Å². The van der Waals surface area contributed by atoms with Crippen LogP contribution in [0.1, 0.15) is 28.3 Å². The number of hydrogen-bond acceptors (Lipinski definition) is 2. The van der Waals surface area contributed by atoms with Crippen molar-refractivity contribution >= 4 is 5.69 Å². The molecule has 0 aromatic heterocycles. The number of benzene rings is 2. The number of hydrogen-bond donors (Lipinski definition) is 2. The zero-order valence-electron chi connectivity index (χ0n) is 11.2. The van der Waals surface area contributed by atoms with Gasteiger partial charge in [0.25, 0.3) is 0 Å². The maximum atomic E-state index is 12.9. The van der Waals surface area contributed by atoms with Crippen molar-refractivity contribution in [3.63, 3.8) is 0 Å². The second-order valence-corrected chi connectivity index (χ2v) is 5.22. The molecule has 21 heavy (non-hydrogen) atoms. The summed E-state index contributed by atoms with van der Waals surface area (Å²) in [5.74, 6) is 0. The Morgan fingerprint density at radius 2 is 1.90 bits per heavy atom. The molecule has 0 spiro atoms. The molecule has 0 bridgehead atoms. The lowest BCUT2D eigenvalue weighted by Crippen LogP contribution is -2.31. The van der Waals surface area contributed by atoms with E-state index in [0.717, 1.165) is 30.2 Å². The number of halogens is 3. The molecule has 3 N–H and O–H groups in total. The van der Waals surface area contributed by atoms with E-state index in [1.807, 2.05) is 12.1 Å². The summed E-state index contributed by atoms with van der Waals surface area (Å²) in [6, 6.07) is 11.0. The lowest BCUT2D eigenvalue weighted by atomic mass is 9.88. The lowest BCUT2D eigenvalue weighted by Gasteiger charge is -2.28. The summed E-state index contributed by atoms with van der Waals surface area (Å²) < 4.78 is 38.7. The SMILES string of the molecule is Nc1cccc(C2NCCc3ccc(C(F)(F)F)cc32)c1. The number of nitrogens with one attached hydrogen (secondary N) is 1. The normalized spacial score (nSPS) is 18.3. The second-order valence-electron chi connectivity index (χ2n) is 5.22. The van der Waals surface area contributed by atoms with Gasteiger partial charge in [0.05, 0.1) is 11.6 Å². The molecule has 1 aliphatic heterocycles. The molecule has 2 aromatic carbocycles. The Morgan fingerprint density at radius 1 is 1.10 bits per heavy atom. The summed E-state index contributed by atoms with van der Waals surface area (Å²) >= 11 is 0. The second kappa shape index (κ2) is 5.07. The van der Waals surface area contributed by atoms with E-state index < -0.39 is 11.7 Å². The summed E-state index contributed by atoms with van der Waals surface area (Å²) in [6.45, 7) is 0.734. The van der Waals surface area contributed by atoms with Gasteiger partial charge in [0, 0.05) is 12.2 Å². The minimum Gasteiger partial charge on any atom is -0.399 e. The average Bonchev–Trinajstić information content (AvgIpc) is 2.45. The highest BCUT2D eigenvalue weighted by atomic mass is 19.4. The van der Waals surface area contributed by atoms with Crippen LogP contribution in [0.4, 0.5) is 18.9 Å². The number of nitrogens with two attached hydrogens (primary N) is 1. The van der Waals surface area contributed by atoms with Crippen molar-refractivity contribution in [2.45, 2.75) is 18.6 Å². The fourth-order valence-corrected chi connectivity index (χ4v) is 2.76. The fraction of sp³-hybridized carbons (Fsp3) is 0.250. The molecule has 0 saturated heterocycles. The van der Waals surface area contributed by atoms with Crippen LogP contribution in [0.3, 0.4) is 0 Å². The van der Waals surface area contributed by atoms with Crippen LogP contribution < -0.4 is 11.1 Å².